The van der Waals surface area contributed by atoms with Crippen molar-refractivity contribution in [1.29, 1.82) is 0 Å². The first-order valence-electron chi connectivity index (χ1n) is 9.61. The van der Waals surface area contributed by atoms with Crippen LogP contribution in [0.1, 0.15) is 40.7 Å². The first-order chi connectivity index (χ1) is 14.8. The van der Waals surface area contributed by atoms with Crippen molar-refractivity contribution in [2.75, 3.05) is 5.32 Å². The molecule has 0 aromatic heterocycles. The quantitative estimate of drug-likeness (QED) is 0.277. The normalized spacial score (nSPS) is 11.7. The van der Waals surface area contributed by atoms with Crippen molar-refractivity contribution < 1.29 is 14.8 Å². The fraction of sp³-hybridized carbons (Fsp3) is 0.174. The van der Waals surface area contributed by atoms with E-state index in [0.717, 1.165) is 30.0 Å². The predicted octanol–water partition coefficient (Wildman–Crippen LogP) is 7.08. The molecule has 0 fully saturated rings. The lowest BCUT2D eigenvalue weighted by molar-refractivity contribution is -0.384. The minimum atomic E-state index is -1.24. The van der Waals surface area contributed by atoms with Crippen molar-refractivity contribution in [3.05, 3.63) is 97.5 Å². The Morgan fingerprint density at radius 2 is 1.77 bits per heavy atom. The largest absolute Gasteiger partial charge is 0.478 e. The molecule has 0 aliphatic rings. The van der Waals surface area contributed by atoms with Crippen molar-refractivity contribution >= 4 is 46.2 Å². The minimum absolute atomic E-state index is 0.163. The molecule has 0 spiro atoms. The summed E-state index contributed by atoms with van der Waals surface area (Å²) in [4.78, 5) is 21.8. The van der Waals surface area contributed by atoms with Crippen molar-refractivity contribution in [1.82, 2.24) is 0 Å². The summed E-state index contributed by atoms with van der Waals surface area (Å²) in [5, 5.41) is 24.4. The average Bonchev–Trinajstić information content (AvgIpc) is 2.75. The maximum absolute atomic E-state index is 11.5. The van der Waals surface area contributed by atoms with Gasteiger partial charge in [0.2, 0.25) is 0 Å². The Hall–Kier alpha value is -3.09. The number of carboxylic acid groups (broad SMARTS) is 1. The first kappa shape index (κ1) is 22.6. The number of nitrogens with zero attached hydrogens (tertiary/aromatic N) is 1. The van der Waals surface area contributed by atoms with Gasteiger partial charge in [-0.05, 0) is 60.2 Å². The molecule has 8 heteroatoms. The lowest BCUT2D eigenvalue weighted by Crippen LogP contribution is -2.04. The maximum atomic E-state index is 11.5. The van der Waals surface area contributed by atoms with Crippen molar-refractivity contribution in [2.24, 2.45) is 0 Å². The van der Waals surface area contributed by atoms with Gasteiger partial charge in [0.1, 0.15) is 0 Å². The van der Waals surface area contributed by atoms with Gasteiger partial charge in [0.15, 0.2) is 0 Å². The van der Waals surface area contributed by atoms with Crippen LogP contribution >= 0.6 is 23.2 Å². The van der Waals surface area contributed by atoms with Gasteiger partial charge in [-0.25, -0.2) is 4.79 Å². The van der Waals surface area contributed by atoms with Gasteiger partial charge in [-0.15, -0.1) is 0 Å². The highest BCUT2D eigenvalue weighted by Crippen LogP contribution is 2.31. The molecule has 0 amide bonds. The Morgan fingerprint density at radius 1 is 1.06 bits per heavy atom. The van der Waals surface area contributed by atoms with Gasteiger partial charge < -0.3 is 10.4 Å². The van der Waals surface area contributed by atoms with Crippen LogP contribution in [0.25, 0.3) is 0 Å². The second kappa shape index (κ2) is 9.81. The molecule has 0 radical (unpaired) electrons. The number of carboxylic acids is 1. The summed E-state index contributed by atoms with van der Waals surface area (Å²) in [5.41, 5.74) is 2.77. The van der Waals surface area contributed by atoms with E-state index in [1.165, 1.54) is 12.1 Å². The van der Waals surface area contributed by atoms with E-state index < -0.39 is 10.9 Å². The van der Waals surface area contributed by atoms with E-state index in [9.17, 15) is 20.0 Å². The summed E-state index contributed by atoms with van der Waals surface area (Å²) in [7, 11) is 0. The monoisotopic (exact) mass is 458 g/mol. The van der Waals surface area contributed by atoms with E-state index in [1.54, 1.807) is 6.07 Å². The SMILES string of the molecule is CCC(Cc1ccc(Nc2ccc([N+](=O)[O-])cc2C(=O)O)cc1)c1ccc(Cl)c(Cl)c1. The molecule has 31 heavy (non-hydrogen) atoms. The Kier molecular flexibility index (Phi) is 7.15. The number of halogens is 2. The Bertz CT molecular complexity index is 1120. The fourth-order valence-corrected chi connectivity index (χ4v) is 3.67. The molecule has 0 heterocycles. The first-order valence-corrected chi connectivity index (χ1v) is 10.4. The molecular formula is C23H20Cl2N2O4. The predicted molar refractivity (Wildman–Crippen MR) is 123 cm³/mol. The number of non-ortho nitro benzene ring substituents is 1. The van der Waals surface area contributed by atoms with Crippen LogP contribution in [0.3, 0.4) is 0 Å². The van der Waals surface area contributed by atoms with Crippen LogP contribution in [-0.2, 0) is 6.42 Å². The topological polar surface area (TPSA) is 92.5 Å². The van der Waals surface area contributed by atoms with Crippen LogP contribution in [0.4, 0.5) is 17.1 Å². The number of aromatic carboxylic acids is 1. The van der Waals surface area contributed by atoms with Crippen molar-refractivity contribution in [3.63, 3.8) is 0 Å². The summed E-state index contributed by atoms with van der Waals surface area (Å²) >= 11 is 12.2. The highest BCUT2D eigenvalue weighted by atomic mass is 35.5. The molecule has 6 nitrogen and oxygen atoms in total. The third kappa shape index (κ3) is 5.54. The van der Waals surface area contributed by atoms with Gasteiger partial charge in [-0.1, -0.05) is 48.3 Å². The van der Waals surface area contributed by atoms with Gasteiger partial charge >= 0.3 is 5.97 Å². The number of benzene rings is 3. The molecule has 0 saturated carbocycles. The smallest absolute Gasteiger partial charge is 0.338 e. The minimum Gasteiger partial charge on any atom is -0.478 e. The highest BCUT2D eigenvalue weighted by molar-refractivity contribution is 6.42. The van der Waals surface area contributed by atoms with Crippen LogP contribution in [0.15, 0.2) is 60.7 Å². The van der Waals surface area contributed by atoms with Crippen molar-refractivity contribution in [3.8, 4) is 0 Å². The molecule has 2 N–H and O–H groups in total. The zero-order valence-electron chi connectivity index (χ0n) is 16.6. The maximum Gasteiger partial charge on any atom is 0.338 e. The molecule has 0 aliphatic heterocycles. The summed E-state index contributed by atoms with van der Waals surface area (Å²) in [6, 6.07) is 17.0. The van der Waals surface area contributed by atoms with Gasteiger partial charge in [-0.3, -0.25) is 10.1 Å². The van der Waals surface area contributed by atoms with Crippen molar-refractivity contribution in [2.45, 2.75) is 25.7 Å². The van der Waals surface area contributed by atoms with Crippen LogP contribution in [0, 0.1) is 10.1 Å². The van der Waals surface area contributed by atoms with Gasteiger partial charge in [0.05, 0.1) is 26.2 Å². The van der Waals surface area contributed by atoms with E-state index in [0.29, 0.717) is 15.7 Å². The Morgan fingerprint density at radius 3 is 2.35 bits per heavy atom. The zero-order valence-corrected chi connectivity index (χ0v) is 18.2. The molecule has 0 saturated heterocycles. The molecule has 160 valence electrons. The van der Waals surface area contributed by atoms with E-state index in [4.69, 9.17) is 23.2 Å². The van der Waals surface area contributed by atoms with Crippen LogP contribution in [0.2, 0.25) is 10.0 Å². The lowest BCUT2D eigenvalue weighted by atomic mass is 9.90. The molecule has 1 atom stereocenters. The summed E-state index contributed by atoms with van der Waals surface area (Å²) < 4.78 is 0. The summed E-state index contributed by atoms with van der Waals surface area (Å²) in [6.45, 7) is 2.12. The van der Waals surface area contributed by atoms with Crippen LogP contribution in [0.5, 0.6) is 0 Å². The third-order valence-corrected chi connectivity index (χ3v) is 5.81. The van der Waals surface area contributed by atoms with E-state index in [2.05, 4.69) is 12.2 Å². The number of hydrogen-bond donors (Lipinski definition) is 2. The third-order valence-electron chi connectivity index (χ3n) is 5.07. The van der Waals surface area contributed by atoms with E-state index in [1.807, 2.05) is 36.4 Å². The van der Waals surface area contributed by atoms with Crippen LogP contribution < -0.4 is 5.32 Å². The number of carbonyl (C=O) groups is 1. The summed E-state index contributed by atoms with van der Waals surface area (Å²) in [5.74, 6) is -0.961. The van der Waals surface area contributed by atoms with Crippen LogP contribution in [-0.4, -0.2) is 16.0 Å². The molecule has 3 aromatic rings. The lowest BCUT2D eigenvalue weighted by Gasteiger charge is -2.17. The highest BCUT2D eigenvalue weighted by Gasteiger charge is 2.16. The molecule has 0 aliphatic carbocycles. The molecule has 3 aromatic carbocycles. The molecule has 0 bridgehead atoms. The number of anilines is 2. The molecule has 3 rings (SSSR count). The average molecular weight is 459 g/mol. The number of nitrogens with one attached hydrogen (secondary N) is 1. The van der Waals surface area contributed by atoms with E-state index in [-0.39, 0.29) is 22.9 Å². The second-order valence-electron chi connectivity index (χ2n) is 7.10. The zero-order chi connectivity index (χ0) is 22.5. The number of rotatable bonds is 8. The number of hydrogen-bond acceptors (Lipinski definition) is 4. The molecular weight excluding hydrogens is 439 g/mol. The number of nitro groups is 1. The Labute approximate surface area is 189 Å². The van der Waals surface area contributed by atoms with Gasteiger partial charge in [0, 0.05) is 17.8 Å². The standard InChI is InChI=1S/C23H20Cl2N2O4/c1-2-15(16-5-9-20(24)21(25)12-16)11-14-3-6-17(7-4-14)26-22-10-8-18(27(30)31)13-19(22)23(28)29/h3-10,12-13,15,26H,2,11H2,1H3,(H,28,29). The molecule has 1 unspecified atom stereocenters. The fourth-order valence-electron chi connectivity index (χ4n) is 3.36. The number of nitro benzene ring substituents is 1. The van der Waals surface area contributed by atoms with Gasteiger partial charge in [-0.2, -0.15) is 0 Å². The summed E-state index contributed by atoms with van der Waals surface area (Å²) in [6.07, 6.45) is 1.75. The second-order valence-corrected chi connectivity index (χ2v) is 7.91. The Balaban J connectivity index is 1.76. The van der Waals surface area contributed by atoms with Gasteiger partial charge in [0.25, 0.3) is 5.69 Å². The van der Waals surface area contributed by atoms with E-state index >= 15 is 0 Å².